The molecule has 1 aliphatic heterocycles. The van der Waals surface area contributed by atoms with Crippen LogP contribution in [-0.4, -0.2) is 6.21 Å². The van der Waals surface area contributed by atoms with Gasteiger partial charge in [0.15, 0.2) is 0 Å². The Labute approximate surface area is 141 Å². The van der Waals surface area contributed by atoms with E-state index in [1.165, 1.54) is 0 Å². The SMILES string of the molecule is Clc1ccccc1N=CC=C1NN=N[C@@H]1c1ccc(Br)cc1. The van der Waals surface area contributed by atoms with Crippen LogP contribution in [0.4, 0.5) is 5.69 Å². The van der Waals surface area contributed by atoms with Gasteiger partial charge in [-0.25, -0.2) is 0 Å². The molecule has 0 aromatic heterocycles. The third-order valence-corrected chi connectivity index (χ3v) is 4.00. The standard InChI is InChI=1S/C16H12BrClN4/c17-12-7-5-11(6-8-12)16-15(20-22-21-16)9-10-19-14-4-2-1-3-13(14)18/h1-10,16H,(H,20,21)/t16-/m1/s1. The lowest BCUT2D eigenvalue weighted by molar-refractivity contribution is 0.859. The van der Waals surface area contributed by atoms with Crippen LogP contribution in [0.15, 0.2) is 80.1 Å². The average molecular weight is 376 g/mol. The van der Waals surface area contributed by atoms with Crippen molar-refractivity contribution < 1.29 is 0 Å². The molecule has 0 aliphatic carbocycles. The van der Waals surface area contributed by atoms with E-state index in [2.05, 4.69) is 36.7 Å². The number of allylic oxidation sites excluding steroid dienone is 1. The molecule has 4 nitrogen and oxygen atoms in total. The van der Waals surface area contributed by atoms with Crippen molar-refractivity contribution in [3.05, 3.63) is 75.4 Å². The maximum atomic E-state index is 6.07. The Kier molecular flexibility index (Phi) is 4.65. The predicted octanol–water partition coefficient (Wildman–Crippen LogP) is 5.40. The Morgan fingerprint density at radius 3 is 2.68 bits per heavy atom. The van der Waals surface area contributed by atoms with Gasteiger partial charge < -0.3 is 0 Å². The third-order valence-electron chi connectivity index (χ3n) is 3.15. The molecule has 0 unspecified atom stereocenters. The lowest BCUT2D eigenvalue weighted by Crippen LogP contribution is -2.05. The fourth-order valence-corrected chi connectivity index (χ4v) is 2.49. The van der Waals surface area contributed by atoms with Crippen molar-refractivity contribution in [2.75, 3.05) is 0 Å². The summed E-state index contributed by atoms with van der Waals surface area (Å²) < 4.78 is 1.03. The largest absolute Gasteiger partial charge is 0.262 e. The number of nitrogens with one attached hydrogen (secondary N) is 1. The number of benzene rings is 2. The summed E-state index contributed by atoms with van der Waals surface area (Å²) in [4.78, 5) is 4.35. The van der Waals surface area contributed by atoms with Gasteiger partial charge in [0.05, 0.1) is 16.4 Å². The smallest absolute Gasteiger partial charge is 0.139 e. The number of hydrogen-bond acceptors (Lipinski definition) is 4. The van der Waals surface area contributed by atoms with E-state index in [0.29, 0.717) is 5.02 Å². The Hall–Kier alpha value is -1.98. The summed E-state index contributed by atoms with van der Waals surface area (Å²) in [7, 11) is 0. The molecule has 0 spiro atoms. The quantitative estimate of drug-likeness (QED) is 0.717. The molecular weight excluding hydrogens is 364 g/mol. The monoisotopic (exact) mass is 374 g/mol. The molecule has 0 fully saturated rings. The summed E-state index contributed by atoms with van der Waals surface area (Å²) >= 11 is 9.49. The van der Waals surface area contributed by atoms with Crippen molar-refractivity contribution in [2.45, 2.75) is 6.04 Å². The van der Waals surface area contributed by atoms with Crippen molar-refractivity contribution >= 4 is 39.4 Å². The fourth-order valence-electron chi connectivity index (χ4n) is 2.04. The molecule has 2 aromatic rings. The molecule has 0 amide bonds. The van der Waals surface area contributed by atoms with Crippen LogP contribution in [0, 0.1) is 0 Å². The van der Waals surface area contributed by atoms with E-state index in [9.17, 15) is 0 Å². The van der Waals surface area contributed by atoms with Crippen LogP contribution < -0.4 is 5.43 Å². The van der Waals surface area contributed by atoms with Crippen LogP contribution in [-0.2, 0) is 0 Å². The molecule has 110 valence electrons. The molecular formula is C16H12BrClN4. The molecule has 1 atom stereocenters. The highest BCUT2D eigenvalue weighted by molar-refractivity contribution is 9.10. The summed E-state index contributed by atoms with van der Waals surface area (Å²) in [5.74, 6) is 0. The second kappa shape index (κ2) is 6.85. The van der Waals surface area contributed by atoms with Crippen molar-refractivity contribution in [2.24, 2.45) is 15.3 Å². The second-order valence-corrected chi connectivity index (χ2v) is 5.96. The Balaban J connectivity index is 1.79. The lowest BCUT2D eigenvalue weighted by Gasteiger charge is -2.07. The molecule has 2 aromatic carbocycles. The summed E-state index contributed by atoms with van der Waals surface area (Å²) in [5, 5.41) is 8.72. The van der Waals surface area contributed by atoms with Gasteiger partial charge in [-0.1, -0.05) is 57.0 Å². The summed E-state index contributed by atoms with van der Waals surface area (Å²) in [6.45, 7) is 0. The molecule has 0 saturated heterocycles. The average Bonchev–Trinajstić information content (AvgIpc) is 2.98. The first-order chi connectivity index (χ1) is 10.7. The second-order valence-electron chi connectivity index (χ2n) is 4.63. The highest BCUT2D eigenvalue weighted by Gasteiger charge is 2.20. The van der Waals surface area contributed by atoms with Gasteiger partial charge in [-0.2, -0.15) is 5.11 Å². The molecule has 6 heteroatoms. The van der Waals surface area contributed by atoms with E-state index in [1.54, 1.807) is 6.21 Å². The number of para-hydroxylation sites is 1. The molecule has 22 heavy (non-hydrogen) atoms. The van der Waals surface area contributed by atoms with Crippen LogP contribution in [0.25, 0.3) is 0 Å². The normalized spacial score (nSPS) is 19.0. The minimum Gasteiger partial charge on any atom is -0.262 e. The molecule has 1 heterocycles. The maximum absolute atomic E-state index is 6.07. The van der Waals surface area contributed by atoms with Crippen molar-refractivity contribution in [3.63, 3.8) is 0 Å². The van der Waals surface area contributed by atoms with Gasteiger partial charge in [0, 0.05) is 10.7 Å². The highest BCUT2D eigenvalue weighted by Crippen LogP contribution is 2.29. The first kappa shape index (κ1) is 14.9. The summed E-state index contributed by atoms with van der Waals surface area (Å²) in [5.41, 5.74) is 5.57. The molecule has 1 aliphatic rings. The van der Waals surface area contributed by atoms with Crippen LogP contribution in [0.1, 0.15) is 11.6 Å². The van der Waals surface area contributed by atoms with Crippen LogP contribution >= 0.6 is 27.5 Å². The van der Waals surface area contributed by atoms with Gasteiger partial charge in [0.25, 0.3) is 0 Å². The maximum Gasteiger partial charge on any atom is 0.139 e. The Morgan fingerprint density at radius 1 is 1.14 bits per heavy atom. The minimum absolute atomic E-state index is 0.134. The lowest BCUT2D eigenvalue weighted by atomic mass is 10.1. The number of halogens is 2. The summed E-state index contributed by atoms with van der Waals surface area (Å²) in [6.07, 6.45) is 3.56. The number of hydrogen-bond donors (Lipinski definition) is 1. The summed E-state index contributed by atoms with van der Waals surface area (Å²) in [6, 6.07) is 15.3. The van der Waals surface area contributed by atoms with Gasteiger partial charge in [-0.15, -0.1) is 0 Å². The number of nitrogens with zero attached hydrogens (tertiary/aromatic N) is 3. The van der Waals surface area contributed by atoms with Gasteiger partial charge >= 0.3 is 0 Å². The zero-order valence-corrected chi connectivity index (χ0v) is 13.8. The van der Waals surface area contributed by atoms with Crippen molar-refractivity contribution in [3.8, 4) is 0 Å². The van der Waals surface area contributed by atoms with Gasteiger partial charge in [-0.3, -0.25) is 10.4 Å². The van der Waals surface area contributed by atoms with Crippen molar-refractivity contribution in [1.29, 1.82) is 0 Å². The first-order valence-electron chi connectivity index (χ1n) is 6.64. The van der Waals surface area contributed by atoms with E-state index in [4.69, 9.17) is 11.6 Å². The van der Waals surface area contributed by atoms with Gasteiger partial charge in [0.2, 0.25) is 0 Å². The van der Waals surface area contributed by atoms with E-state index in [-0.39, 0.29) is 6.04 Å². The molecule has 0 saturated carbocycles. The van der Waals surface area contributed by atoms with Crippen LogP contribution in [0.2, 0.25) is 5.02 Å². The van der Waals surface area contributed by atoms with E-state index < -0.39 is 0 Å². The topological polar surface area (TPSA) is 49.1 Å². The highest BCUT2D eigenvalue weighted by atomic mass is 79.9. The van der Waals surface area contributed by atoms with Crippen LogP contribution in [0.5, 0.6) is 0 Å². The number of aliphatic imine (C=N–C) groups is 1. The van der Waals surface area contributed by atoms with E-state index in [1.807, 2.05) is 54.6 Å². The molecule has 1 N–H and O–H groups in total. The van der Waals surface area contributed by atoms with E-state index >= 15 is 0 Å². The predicted molar refractivity (Wildman–Crippen MR) is 92.6 cm³/mol. The first-order valence-corrected chi connectivity index (χ1v) is 7.81. The zero-order chi connectivity index (χ0) is 15.4. The third kappa shape index (κ3) is 3.43. The number of rotatable bonds is 3. The van der Waals surface area contributed by atoms with Crippen molar-refractivity contribution in [1.82, 2.24) is 5.43 Å². The van der Waals surface area contributed by atoms with E-state index in [0.717, 1.165) is 21.4 Å². The molecule has 0 radical (unpaired) electrons. The Morgan fingerprint density at radius 2 is 1.91 bits per heavy atom. The molecule has 3 rings (SSSR count). The fraction of sp³-hybridized carbons (Fsp3) is 0.0625. The van der Waals surface area contributed by atoms with Gasteiger partial charge in [0.1, 0.15) is 6.04 Å². The zero-order valence-electron chi connectivity index (χ0n) is 11.4. The van der Waals surface area contributed by atoms with Crippen LogP contribution in [0.3, 0.4) is 0 Å². The Bertz CT molecular complexity index is 753. The molecule has 0 bridgehead atoms. The minimum atomic E-state index is -0.134. The van der Waals surface area contributed by atoms with Gasteiger partial charge in [-0.05, 0) is 35.9 Å².